The van der Waals surface area contributed by atoms with Crippen molar-refractivity contribution in [2.75, 3.05) is 4.72 Å². The van der Waals surface area contributed by atoms with Crippen molar-refractivity contribution in [3.8, 4) is 0 Å². The number of nitrogens with one attached hydrogen (secondary N) is 1. The Morgan fingerprint density at radius 1 is 0.905 bits per heavy atom. The molecule has 21 heavy (non-hydrogen) atoms. The van der Waals surface area contributed by atoms with Crippen LogP contribution in [0.4, 0.5) is 5.69 Å². The van der Waals surface area contributed by atoms with Gasteiger partial charge in [-0.2, -0.15) is 0 Å². The van der Waals surface area contributed by atoms with Gasteiger partial charge < -0.3 is 0 Å². The fourth-order valence-electron chi connectivity index (χ4n) is 1.57. The molecule has 0 bridgehead atoms. The van der Waals surface area contributed by atoms with Crippen LogP contribution in [0.2, 0.25) is 0 Å². The second kappa shape index (κ2) is 5.91. The molecule has 2 aromatic rings. The van der Waals surface area contributed by atoms with Crippen LogP contribution in [0.5, 0.6) is 0 Å². The molecule has 9 heteroatoms. The molecule has 0 amide bonds. The Hall–Kier alpha value is -1.17. The Balaban J connectivity index is 2.32. The predicted octanol–water partition coefficient (Wildman–Crippen LogP) is 1.74. The van der Waals surface area contributed by atoms with Crippen molar-refractivity contribution in [2.24, 2.45) is 5.14 Å². The van der Waals surface area contributed by atoms with Gasteiger partial charge in [-0.25, -0.2) is 22.0 Å². The number of anilines is 1. The number of benzene rings is 2. The summed E-state index contributed by atoms with van der Waals surface area (Å²) in [4.78, 5) is -0.190. The van der Waals surface area contributed by atoms with Crippen molar-refractivity contribution in [1.82, 2.24) is 0 Å². The van der Waals surface area contributed by atoms with Crippen LogP contribution in [0.1, 0.15) is 0 Å². The van der Waals surface area contributed by atoms with Crippen LogP contribution >= 0.6 is 22.6 Å². The lowest BCUT2D eigenvalue weighted by atomic mass is 10.3. The molecule has 3 N–H and O–H groups in total. The highest BCUT2D eigenvalue weighted by Gasteiger charge is 2.16. The Morgan fingerprint density at radius 3 is 2.00 bits per heavy atom. The minimum Gasteiger partial charge on any atom is -0.280 e. The van der Waals surface area contributed by atoms with E-state index in [1.54, 1.807) is 18.2 Å². The van der Waals surface area contributed by atoms with E-state index >= 15 is 0 Å². The third-order valence-electron chi connectivity index (χ3n) is 2.54. The first-order valence-electron chi connectivity index (χ1n) is 5.60. The smallest absolute Gasteiger partial charge is 0.261 e. The second-order valence-corrected chi connectivity index (χ2v) is 8.62. The number of hydrogen-bond donors (Lipinski definition) is 2. The fourth-order valence-corrected chi connectivity index (χ4v) is 3.68. The molecule has 0 radical (unpaired) electrons. The van der Waals surface area contributed by atoms with E-state index in [1.807, 2.05) is 6.07 Å². The zero-order chi connectivity index (χ0) is 15.7. The summed E-state index contributed by atoms with van der Waals surface area (Å²) in [5, 5.41) is 4.96. The minimum absolute atomic E-state index is 0.0474. The van der Waals surface area contributed by atoms with Crippen molar-refractivity contribution < 1.29 is 16.8 Å². The quantitative estimate of drug-likeness (QED) is 0.710. The highest BCUT2D eigenvalue weighted by atomic mass is 127. The number of nitrogens with two attached hydrogens (primary N) is 1. The van der Waals surface area contributed by atoms with E-state index in [0.717, 1.165) is 15.7 Å². The summed E-state index contributed by atoms with van der Waals surface area (Å²) in [7, 11) is -7.63. The Morgan fingerprint density at radius 2 is 1.48 bits per heavy atom. The van der Waals surface area contributed by atoms with Gasteiger partial charge in [-0.3, -0.25) is 4.72 Å². The topological polar surface area (TPSA) is 106 Å². The summed E-state index contributed by atoms with van der Waals surface area (Å²) in [6.07, 6.45) is 0. The summed E-state index contributed by atoms with van der Waals surface area (Å²) in [5.41, 5.74) is 0.428. The summed E-state index contributed by atoms with van der Waals surface area (Å²) in [6, 6.07) is 11.5. The van der Waals surface area contributed by atoms with Gasteiger partial charge in [0.2, 0.25) is 10.0 Å². The van der Waals surface area contributed by atoms with Gasteiger partial charge in [-0.15, -0.1) is 0 Å². The molecular formula is C12H11IN2O4S2. The van der Waals surface area contributed by atoms with Crippen molar-refractivity contribution in [2.45, 2.75) is 9.79 Å². The standard InChI is InChI=1S/C12H11IN2O4S2/c13-9-2-1-3-10(8-9)15-21(18,19)12-6-4-11(5-7-12)20(14,16)17/h1-8,15H,(H2,14,16,17). The van der Waals surface area contributed by atoms with Crippen LogP contribution in [0.25, 0.3) is 0 Å². The third kappa shape index (κ3) is 4.15. The number of hydrogen-bond acceptors (Lipinski definition) is 4. The van der Waals surface area contributed by atoms with Crippen molar-refractivity contribution >= 4 is 48.3 Å². The Labute approximate surface area is 136 Å². The van der Waals surface area contributed by atoms with E-state index in [9.17, 15) is 16.8 Å². The van der Waals surface area contributed by atoms with Crippen molar-refractivity contribution in [3.63, 3.8) is 0 Å². The molecule has 0 atom stereocenters. The molecule has 0 fully saturated rings. The monoisotopic (exact) mass is 438 g/mol. The average molecular weight is 438 g/mol. The fraction of sp³-hybridized carbons (Fsp3) is 0. The van der Waals surface area contributed by atoms with Crippen LogP contribution in [0.15, 0.2) is 58.3 Å². The van der Waals surface area contributed by atoms with Gasteiger partial charge in [0.1, 0.15) is 0 Å². The molecule has 0 spiro atoms. The number of sulfonamides is 2. The second-order valence-electron chi connectivity index (χ2n) is 4.13. The molecule has 0 aliphatic rings. The minimum atomic E-state index is -3.85. The van der Waals surface area contributed by atoms with E-state index in [-0.39, 0.29) is 9.79 Å². The van der Waals surface area contributed by atoms with E-state index < -0.39 is 20.0 Å². The van der Waals surface area contributed by atoms with Crippen molar-refractivity contribution in [1.29, 1.82) is 0 Å². The van der Waals surface area contributed by atoms with E-state index in [0.29, 0.717) is 5.69 Å². The first-order valence-corrected chi connectivity index (χ1v) is 9.70. The van der Waals surface area contributed by atoms with Gasteiger partial charge >= 0.3 is 0 Å². The summed E-state index contributed by atoms with van der Waals surface area (Å²) < 4.78 is 49.9. The normalized spacial score (nSPS) is 12.1. The largest absolute Gasteiger partial charge is 0.280 e. The maximum Gasteiger partial charge on any atom is 0.261 e. The molecule has 0 aliphatic carbocycles. The maximum atomic E-state index is 12.2. The SMILES string of the molecule is NS(=O)(=O)c1ccc(S(=O)(=O)Nc2cccc(I)c2)cc1. The van der Waals surface area contributed by atoms with Gasteiger partial charge in [-0.1, -0.05) is 6.07 Å². The first-order chi connectivity index (χ1) is 9.68. The highest BCUT2D eigenvalue weighted by molar-refractivity contribution is 14.1. The zero-order valence-corrected chi connectivity index (χ0v) is 14.3. The van der Waals surface area contributed by atoms with Crippen molar-refractivity contribution in [3.05, 3.63) is 52.1 Å². The molecular weight excluding hydrogens is 427 g/mol. The predicted molar refractivity (Wildman–Crippen MR) is 87.8 cm³/mol. The van der Waals surface area contributed by atoms with Gasteiger partial charge in [0, 0.05) is 9.26 Å². The summed E-state index contributed by atoms with van der Waals surface area (Å²) in [5.74, 6) is 0. The van der Waals surface area contributed by atoms with E-state index in [1.165, 1.54) is 12.1 Å². The van der Waals surface area contributed by atoms with Crippen LogP contribution < -0.4 is 9.86 Å². The first kappa shape index (κ1) is 16.2. The lowest BCUT2D eigenvalue weighted by molar-refractivity contribution is 0.595. The summed E-state index contributed by atoms with van der Waals surface area (Å²) >= 11 is 2.07. The average Bonchev–Trinajstić information content (AvgIpc) is 2.37. The molecule has 0 aromatic heterocycles. The van der Waals surface area contributed by atoms with Crippen LogP contribution in [0.3, 0.4) is 0 Å². The molecule has 6 nitrogen and oxygen atoms in total. The number of primary sulfonamides is 1. The molecule has 2 aromatic carbocycles. The van der Waals surface area contributed by atoms with Crippen LogP contribution in [-0.2, 0) is 20.0 Å². The molecule has 0 saturated heterocycles. The zero-order valence-electron chi connectivity index (χ0n) is 10.5. The molecule has 0 heterocycles. The van der Waals surface area contributed by atoms with Gasteiger partial charge in [-0.05, 0) is 65.1 Å². The Bertz CT molecular complexity index is 862. The molecule has 2 rings (SSSR count). The lowest BCUT2D eigenvalue weighted by Crippen LogP contribution is -2.15. The Kier molecular flexibility index (Phi) is 4.56. The summed E-state index contributed by atoms with van der Waals surface area (Å²) in [6.45, 7) is 0. The van der Waals surface area contributed by atoms with E-state index in [2.05, 4.69) is 27.3 Å². The lowest BCUT2D eigenvalue weighted by Gasteiger charge is -2.08. The van der Waals surface area contributed by atoms with Gasteiger partial charge in [0.05, 0.1) is 9.79 Å². The molecule has 0 unspecified atom stereocenters. The van der Waals surface area contributed by atoms with Crippen LogP contribution in [-0.4, -0.2) is 16.8 Å². The molecule has 0 aliphatic heterocycles. The molecule has 112 valence electrons. The van der Waals surface area contributed by atoms with Crippen LogP contribution in [0, 0.1) is 3.57 Å². The van der Waals surface area contributed by atoms with Gasteiger partial charge in [0.15, 0.2) is 0 Å². The maximum absolute atomic E-state index is 12.2. The highest BCUT2D eigenvalue weighted by Crippen LogP contribution is 2.19. The number of halogens is 1. The van der Waals surface area contributed by atoms with E-state index in [4.69, 9.17) is 5.14 Å². The number of rotatable bonds is 4. The van der Waals surface area contributed by atoms with Gasteiger partial charge in [0.25, 0.3) is 10.0 Å². The third-order valence-corrected chi connectivity index (χ3v) is 5.54. The molecule has 0 saturated carbocycles.